The lowest BCUT2D eigenvalue weighted by Gasteiger charge is -2.40. The van der Waals surface area contributed by atoms with Crippen LogP contribution in [0.4, 0.5) is 0 Å². The van der Waals surface area contributed by atoms with Crippen LogP contribution in [0.25, 0.3) is 0 Å². The first-order valence-corrected chi connectivity index (χ1v) is 5.76. The van der Waals surface area contributed by atoms with Gasteiger partial charge in [0.05, 0.1) is 0 Å². The molecule has 2 nitrogen and oxygen atoms in total. The van der Waals surface area contributed by atoms with Gasteiger partial charge in [-0.25, -0.2) is 4.79 Å². The zero-order chi connectivity index (χ0) is 11.6. The van der Waals surface area contributed by atoms with Gasteiger partial charge in [0.2, 0.25) is 0 Å². The monoisotopic (exact) mass is 210 g/mol. The van der Waals surface area contributed by atoms with E-state index < -0.39 is 5.97 Å². The molecule has 1 fully saturated rings. The topological polar surface area (TPSA) is 37.3 Å². The standard InChI is InChI=1S/C13H22O2/c1-9(12(14)15)10-7-5-6-8-11(10)13(2,3)4/h10-11H,1,5-8H2,2-4H3,(H,14,15). The zero-order valence-corrected chi connectivity index (χ0v) is 10.0. The molecule has 0 saturated heterocycles. The number of carboxylic acids is 1. The van der Waals surface area contributed by atoms with Gasteiger partial charge in [-0.15, -0.1) is 0 Å². The maximum atomic E-state index is 11.0. The summed E-state index contributed by atoms with van der Waals surface area (Å²) in [7, 11) is 0. The molecule has 1 N–H and O–H groups in total. The first-order chi connectivity index (χ1) is 6.84. The Hall–Kier alpha value is -0.790. The second-order valence-corrected chi connectivity index (χ2v) is 5.69. The first kappa shape index (κ1) is 12.3. The van der Waals surface area contributed by atoms with Crippen LogP contribution < -0.4 is 0 Å². The average molecular weight is 210 g/mol. The van der Waals surface area contributed by atoms with Crippen molar-refractivity contribution in [3.8, 4) is 0 Å². The van der Waals surface area contributed by atoms with Gasteiger partial charge in [-0.05, 0) is 30.1 Å². The van der Waals surface area contributed by atoms with E-state index in [1.54, 1.807) is 0 Å². The van der Waals surface area contributed by atoms with Crippen LogP contribution in [0.2, 0.25) is 0 Å². The normalized spacial score (nSPS) is 27.4. The van der Waals surface area contributed by atoms with E-state index in [4.69, 9.17) is 5.11 Å². The lowest BCUT2D eigenvalue weighted by atomic mass is 9.64. The largest absolute Gasteiger partial charge is 0.478 e. The van der Waals surface area contributed by atoms with E-state index in [9.17, 15) is 4.79 Å². The molecule has 0 aromatic rings. The molecule has 0 aliphatic heterocycles. The van der Waals surface area contributed by atoms with E-state index in [1.807, 2.05) is 0 Å². The fourth-order valence-corrected chi connectivity index (χ4v) is 2.74. The molecule has 0 spiro atoms. The molecule has 0 aromatic heterocycles. The molecule has 0 aromatic carbocycles. The highest BCUT2D eigenvalue weighted by atomic mass is 16.4. The summed E-state index contributed by atoms with van der Waals surface area (Å²) in [6, 6.07) is 0. The van der Waals surface area contributed by atoms with Crippen molar-refractivity contribution in [3.63, 3.8) is 0 Å². The van der Waals surface area contributed by atoms with E-state index in [1.165, 1.54) is 6.42 Å². The van der Waals surface area contributed by atoms with Gasteiger partial charge in [-0.1, -0.05) is 40.2 Å². The Bertz CT molecular complexity index is 260. The van der Waals surface area contributed by atoms with Gasteiger partial charge >= 0.3 is 5.97 Å². The molecule has 1 aliphatic carbocycles. The maximum absolute atomic E-state index is 11.0. The summed E-state index contributed by atoms with van der Waals surface area (Å²) in [5.41, 5.74) is 0.596. The summed E-state index contributed by atoms with van der Waals surface area (Å²) in [6.07, 6.45) is 4.50. The predicted octanol–water partition coefficient (Wildman–Crippen LogP) is 3.48. The second-order valence-electron chi connectivity index (χ2n) is 5.69. The molecule has 0 radical (unpaired) electrons. The van der Waals surface area contributed by atoms with Gasteiger partial charge in [-0.2, -0.15) is 0 Å². The number of rotatable bonds is 2. The van der Waals surface area contributed by atoms with Crippen LogP contribution >= 0.6 is 0 Å². The molecule has 1 aliphatic rings. The fraction of sp³-hybridized carbons (Fsp3) is 0.769. The summed E-state index contributed by atoms with van der Waals surface area (Å²) in [5.74, 6) is -0.178. The Morgan fingerprint density at radius 2 is 1.80 bits per heavy atom. The third-order valence-electron chi connectivity index (χ3n) is 3.60. The molecule has 2 atom stereocenters. The highest BCUT2D eigenvalue weighted by Gasteiger charge is 2.36. The lowest BCUT2D eigenvalue weighted by molar-refractivity contribution is -0.133. The fourth-order valence-electron chi connectivity index (χ4n) is 2.74. The minimum atomic E-state index is -0.823. The minimum Gasteiger partial charge on any atom is -0.478 e. The summed E-state index contributed by atoms with van der Waals surface area (Å²) < 4.78 is 0. The number of aliphatic carboxylic acids is 1. The van der Waals surface area contributed by atoms with E-state index >= 15 is 0 Å². The molecule has 15 heavy (non-hydrogen) atoms. The molecule has 2 heteroatoms. The van der Waals surface area contributed by atoms with Crippen molar-refractivity contribution < 1.29 is 9.90 Å². The Balaban J connectivity index is 2.83. The third-order valence-corrected chi connectivity index (χ3v) is 3.60. The van der Waals surface area contributed by atoms with Crippen LogP contribution in [0.5, 0.6) is 0 Å². The van der Waals surface area contributed by atoms with Crippen LogP contribution in [0.3, 0.4) is 0 Å². The summed E-state index contributed by atoms with van der Waals surface area (Å²) in [4.78, 5) is 11.0. The second kappa shape index (κ2) is 4.38. The van der Waals surface area contributed by atoms with Crippen molar-refractivity contribution in [1.29, 1.82) is 0 Å². The Morgan fingerprint density at radius 1 is 1.27 bits per heavy atom. The van der Waals surface area contributed by atoms with Crippen LogP contribution in [0.1, 0.15) is 46.5 Å². The van der Waals surface area contributed by atoms with Crippen molar-refractivity contribution >= 4 is 5.97 Å². The van der Waals surface area contributed by atoms with Gasteiger partial charge in [0, 0.05) is 5.57 Å². The van der Waals surface area contributed by atoms with E-state index in [0.717, 1.165) is 19.3 Å². The predicted molar refractivity (Wildman–Crippen MR) is 61.7 cm³/mol. The smallest absolute Gasteiger partial charge is 0.331 e. The molecule has 0 heterocycles. The Morgan fingerprint density at radius 3 is 2.27 bits per heavy atom. The number of carboxylic acid groups (broad SMARTS) is 1. The van der Waals surface area contributed by atoms with Crippen molar-refractivity contribution in [1.82, 2.24) is 0 Å². The van der Waals surface area contributed by atoms with Crippen LogP contribution in [-0.2, 0) is 4.79 Å². The van der Waals surface area contributed by atoms with E-state index in [0.29, 0.717) is 11.5 Å². The highest BCUT2D eigenvalue weighted by molar-refractivity contribution is 5.86. The maximum Gasteiger partial charge on any atom is 0.331 e. The molecule has 0 bridgehead atoms. The molecule has 1 rings (SSSR count). The number of carbonyl (C=O) groups is 1. The molecular weight excluding hydrogens is 188 g/mol. The molecule has 0 amide bonds. The van der Waals surface area contributed by atoms with E-state index in [2.05, 4.69) is 27.4 Å². The molecule has 1 saturated carbocycles. The van der Waals surface area contributed by atoms with E-state index in [-0.39, 0.29) is 11.3 Å². The number of hydrogen-bond acceptors (Lipinski definition) is 1. The summed E-state index contributed by atoms with van der Waals surface area (Å²) in [5, 5.41) is 9.02. The van der Waals surface area contributed by atoms with Crippen molar-refractivity contribution in [2.24, 2.45) is 17.3 Å². The zero-order valence-electron chi connectivity index (χ0n) is 10.0. The molecule has 86 valence electrons. The van der Waals surface area contributed by atoms with Crippen molar-refractivity contribution in [2.45, 2.75) is 46.5 Å². The number of hydrogen-bond donors (Lipinski definition) is 1. The molecule has 2 unspecified atom stereocenters. The first-order valence-electron chi connectivity index (χ1n) is 5.76. The van der Waals surface area contributed by atoms with Crippen molar-refractivity contribution in [2.75, 3.05) is 0 Å². The van der Waals surface area contributed by atoms with Crippen LogP contribution in [-0.4, -0.2) is 11.1 Å². The quantitative estimate of drug-likeness (QED) is 0.708. The van der Waals surface area contributed by atoms with Gasteiger partial charge in [-0.3, -0.25) is 0 Å². The SMILES string of the molecule is C=C(C(=O)O)C1CCCCC1C(C)(C)C. The summed E-state index contributed by atoms with van der Waals surface area (Å²) >= 11 is 0. The average Bonchev–Trinajstić information content (AvgIpc) is 2.15. The third kappa shape index (κ3) is 2.83. The summed E-state index contributed by atoms with van der Waals surface area (Å²) in [6.45, 7) is 10.3. The van der Waals surface area contributed by atoms with Crippen LogP contribution in [0.15, 0.2) is 12.2 Å². The van der Waals surface area contributed by atoms with Crippen molar-refractivity contribution in [3.05, 3.63) is 12.2 Å². The highest BCUT2D eigenvalue weighted by Crippen LogP contribution is 2.44. The Kier molecular flexibility index (Phi) is 3.58. The Labute approximate surface area is 92.4 Å². The lowest BCUT2D eigenvalue weighted by Crippen LogP contribution is -2.33. The van der Waals surface area contributed by atoms with Gasteiger partial charge in [0.25, 0.3) is 0 Å². The molecular formula is C13H22O2. The van der Waals surface area contributed by atoms with Crippen LogP contribution in [0, 0.1) is 17.3 Å². The van der Waals surface area contributed by atoms with Gasteiger partial charge in [0.1, 0.15) is 0 Å². The minimum absolute atomic E-state index is 0.177. The van der Waals surface area contributed by atoms with Gasteiger partial charge in [0.15, 0.2) is 0 Å². The van der Waals surface area contributed by atoms with Gasteiger partial charge < -0.3 is 5.11 Å².